The molecule has 0 amide bonds. The Bertz CT molecular complexity index is 492. The van der Waals surface area contributed by atoms with Gasteiger partial charge in [-0.25, -0.2) is 0 Å². The first-order chi connectivity index (χ1) is 12.4. The quantitative estimate of drug-likeness (QED) is 0.465. The highest BCUT2D eigenvalue weighted by molar-refractivity contribution is 5.09. The van der Waals surface area contributed by atoms with Gasteiger partial charge in [-0.2, -0.15) is 0 Å². The molecular formula is C26H46. The highest BCUT2D eigenvalue weighted by Gasteiger charge is 2.60. The summed E-state index contributed by atoms with van der Waals surface area (Å²) in [6.07, 6.45) is 18.4. The van der Waals surface area contributed by atoms with Crippen LogP contribution in [0.2, 0.25) is 0 Å². The van der Waals surface area contributed by atoms with Crippen LogP contribution in [-0.4, -0.2) is 0 Å². The number of hydrogen-bond acceptors (Lipinski definition) is 0. The molecule has 1 unspecified atom stereocenters. The van der Waals surface area contributed by atoms with Gasteiger partial charge >= 0.3 is 0 Å². The molecule has 4 saturated carbocycles. The molecule has 0 heteroatoms. The molecule has 26 heavy (non-hydrogen) atoms. The van der Waals surface area contributed by atoms with Crippen molar-refractivity contribution >= 4 is 0 Å². The Morgan fingerprint density at radius 3 is 2.31 bits per heavy atom. The third-order valence-corrected chi connectivity index (χ3v) is 10.5. The zero-order chi connectivity index (χ0) is 18.5. The van der Waals surface area contributed by atoms with E-state index < -0.39 is 0 Å². The third kappa shape index (κ3) is 3.00. The summed E-state index contributed by atoms with van der Waals surface area (Å²) in [5.41, 5.74) is 1.41. The molecule has 4 aliphatic carbocycles. The van der Waals surface area contributed by atoms with E-state index in [1.54, 1.807) is 51.4 Å². The molecule has 4 rings (SSSR count). The zero-order valence-electron chi connectivity index (χ0n) is 18.5. The molecule has 0 aliphatic heterocycles. The van der Waals surface area contributed by atoms with Crippen molar-refractivity contribution in [2.45, 2.75) is 112 Å². The lowest BCUT2D eigenvalue weighted by Crippen LogP contribution is -2.50. The average molecular weight is 359 g/mol. The minimum Gasteiger partial charge on any atom is -0.0628 e. The first-order valence-electron chi connectivity index (χ1n) is 12.4. The standard InChI is InChI=1S/C26H46/c1-18(2)8-6-9-19(3)22-13-14-23-21-12-11-20-10-7-16-25(20,4)24(21)15-17-26(22,23)5/h18-24H,6-17H2,1-5H3/t19-,20?,21+,22-,23+,24+,25+,26-/m1/s1. The first-order valence-corrected chi connectivity index (χ1v) is 12.4. The van der Waals surface area contributed by atoms with Crippen LogP contribution in [0.15, 0.2) is 0 Å². The van der Waals surface area contributed by atoms with Crippen molar-refractivity contribution in [2.75, 3.05) is 0 Å². The lowest BCUT2D eigenvalue weighted by molar-refractivity contribution is -0.0901. The normalized spacial score (nSPS) is 48.9. The van der Waals surface area contributed by atoms with E-state index in [2.05, 4.69) is 34.6 Å². The second kappa shape index (κ2) is 7.11. The van der Waals surface area contributed by atoms with Crippen molar-refractivity contribution in [2.24, 2.45) is 52.3 Å². The molecule has 0 nitrogen and oxygen atoms in total. The molecule has 0 aromatic rings. The van der Waals surface area contributed by atoms with Gasteiger partial charge in [-0.3, -0.25) is 0 Å². The van der Waals surface area contributed by atoms with Gasteiger partial charge in [-0.1, -0.05) is 60.3 Å². The zero-order valence-corrected chi connectivity index (χ0v) is 18.5. The lowest BCUT2D eigenvalue weighted by atomic mass is 9.47. The van der Waals surface area contributed by atoms with E-state index in [0.29, 0.717) is 5.41 Å². The van der Waals surface area contributed by atoms with Gasteiger partial charge in [0.2, 0.25) is 0 Å². The Balaban J connectivity index is 1.46. The van der Waals surface area contributed by atoms with Gasteiger partial charge in [0.25, 0.3) is 0 Å². The maximum Gasteiger partial charge on any atom is -0.0264 e. The molecule has 0 bridgehead atoms. The summed E-state index contributed by atoms with van der Waals surface area (Å²) < 4.78 is 0. The molecular weight excluding hydrogens is 312 g/mol. The largest absolute Gasteiger partial charge is 0.0628 e. The van der Waals surface area contributed by atoms with Crippen LogP contribution in [0.3, 0.4) is 0 Å². The SMILES string of the molecule is CC(C)CCC[C@@H](C)[C@H]1CC[C@H]2[C@@H]3CCC4CCC[C@]4(C)[C@H]3CC[C@]12C. The predicted molar refractivity (Wildman–Crippen MR) is 113 cm³/mol. The van der Waals surface area contributed by atoms with Crippen LogP contribution in [0.5, 0.6) is 0 Å². The van der Waals surface area contributed by atoms with Crippen molar-refractivity contribution < 1.29 is 0 Å². The summed E-state index contributed by atoms with van der Waals surface area (Å²) in [7, 11) is 0. The second-order valence-electron chi connectivity index (χ2n) is 12.1. The summed E-state index contributed by atoms with van der Waals surface area (Å²) in [4.78, 5) is 0. The van der Waals surface area contributed by atoms with E-state index in [1.807, 2.05) is 0 Å². The van der Waals surface area contributed by atoms with Gasteiger partial charge in [0, 0.05) is 0 Å². The van der Waals surface area contributed by atoms with Crippen molar-refractivity contribution in [1.82, 2.24) is 0 Å². The number of hydrogen-bond donors (Lipinski definition) is 0. The molecule has 0 saturated heterocycles. The summed E-state index contributed by atoms with van der Waals surface area (Å²) in [6.45, 7) is 12.8. The van der Waals surface area contributed by atoms with E-state index >= 15 is 0 Å². The molecule has 150 valence electrons. The monoisotopic (exact) mass is 358 g/mol. The van der Waals surface area contributed by atoms with Gasteiger partial charge in [0.1, 0.15) is 0 Å². The molecule has 4 aliphatic rings. The highest BCUT2D eigenvalue weighted by Crippen LogP contribution is 2.68. The van der Waals surface area contributed by atoms with Crippen molar-refractivity contribution in [3.05, 3.63) is 0 Å². The Hall–Kier alpha value is 0. The molecule has 0 radical (unpaired) electrons. The summed E-state index contributed by atoms with van der Waals surface area (Å²) in [6, 6.07) is 0. The topological polar surface area (TPSA) is 0 Å². The van der Waals surface area contributed by atoms with Gasteiger partial charge in [0.05, 0.1) is 0 Å². The third-order valence-electron chi connectivity index (χ3n) is 10.5. The van der Waals surface area contributed by atoms with Crippen LogP contribution < -0.4 is 0 Å². The lowest BCUT2D eigenvalue weighted by Gasteiger charge is -2.58. The van der Waals surface area contributed by atoms with E-state index in [0.717, 1.165) is 46.8 Å². The van der Waals surface area contributed by atoms with Crippen molar-refractivity contribution in [3.8, 4) is 0 Å². The van der Waals surface area contributed by atoms with E-state index in [9.17, 15) is 0 Å². The molecule has 0 spiro atoms. The summed E-state index contributed by atoms with van der Waals surface area (Å²) in [5, 5.41) is 0. The summed E-state index contributed by atoms with van der Waals surface area (Å²) >= 11 is 0. The van der Waals surface area contributed by atoms with Crippen LogP contribution in [0.4, 0.5) is 0 Å². The van der Waals surface area contributed by atoms with E-state index in [-0.39, 0.29) is 0 Å². The fraction of sp³-hybridized carbons (Fsp3) is 1.00. The Morgan fingerprint density at radius 1 is 0.769 bits per heavy atom. The Kier molecular flexibility index (Phi) is 5.28. The fourth-order valence-corrected chi connectivity index (χ4v) is 9.15. The molecule has 0 aromatic carbocycles. The number of rotatable bonds is 5. The van der Waals surface area contributed by atoms with Gasteiger partial charge in [-0.15, -0.1) is 0 Å². The van der Waals surface area contributed by atoms with Crippen LogP contribution in [-0.2, 0) is 0 Å². The molecule has 0 N–H and O–H groups in total. The minimum atomic E-state index is 0.681. The maximum absolute atomic E-state index is 2.74. The van der Waals surface area contributed by atoms with Gasteiger partial charge < -0.3 is 0 Å². The minimum absolute atomic E-state index is 0.681. The first kappa shape index (κ1) is 19.3. The van der Waals surface area contributed by atoms with E-state index in [1.165, 1.54) is 25.7 Å². The predicted octanol–water partition coefficient (Wildman–Crippen LogP) is 8.11. The summed E-state index contributed by atoms with van der Waals surface area (Å²) in [5.74, 6) is 7.18. The molecule has 8 atom stereocenters. The van der Waals surface area contributed by atoms with Crippen LogP contribution in [0.1, 0.15) is 112 Å². The van der Waals surface area contributed by atoms with Crippen LogP contribution in [0, 0.1) is 52.3 Å². The van der Waals surface area contributed by atoms with Crippen LogP contribution in [0.25, 0.3) is 0 Å². The molecule has 4 fully saturated rings. The van der Waals surface area contributed by atoms with Gasteiger partial charge in [-0.05, 0) is 104 Å². The highest BCUT2D eigenvalue weighted by atomic mass is 14.6. The maximum atomic E-state index is 2.74. The van der Waals surface area contributed by atoms with Crippen LogP contribution >= 0.6 is 0 Å². The fourth-order valence-electron chi connectivity index (χ4n) is 9.15. The Labute approximate surface area is 164 Å². The van der Waals surface area contributed by atoms with E-state index in [4.69, 9.17) is 0 Å². The van der Waals surface area contributed by atoms with Crippen molar-refractivity contribution in [1.29, 1.82) is 0 Å². The molecule has 0 aromatic heterocycles. The molecule has 0 heterocycles. The van der Waals surface area contributed by atoms with Crippen molar-refractivity contribution in [3.63, 3.8) is 0 Å². The van der Waals surface area contributed by atoms with Gasteiger partial charge in [0.15, 0.2) is 0 Å². The second-order valence-corrected chi connectivity index (χ2v) is 12.1. The smallest absolute Gasteiger partial charge is 0.0264 e. The number of fused-ring (bicyclic) bond motifs is 5. The Morgan fingerprint density at radius 2 is 1.54 bits per heavy atom. The average Bonchev–Trinajstić information content (AvgIpc) is 3.13.